The van der Waals surface area contributed by atoms with Crippen LogP contribution in [0.3, 0.4) is 0 Å². The highest BCUT2D eigenvalue weighted by Crippen LogP contribution is 2.24. The molecule has 0 aliphatic carbocycles. The van der Waals surface area contributed by atoms with Crippen molar-refractivity contribution < 1.29 is 34.4 Å². The Balaban J connectivity index is 0.000000823. The molecule has 0 saturated heterocycles. The van der Waals surface area contributed by atoms with Gasteiger partial charge in [0, 0.05) is 13.1 Å². The summed E-state index contributed by atoms with van der Waals surface area (Å²) < 4.78 is 11.0. The van der Waals surface area contributed by atoms with Crippen LogP contribution in [0, 0.1) is 6.92 Å². The third kappa shape index (κ3) is 12.2. The van der Waals surface area contributed by atoms with Gasteiger partial charge < -0.3 is 29.7 Å². The lowest BCUT2D eigenvalue weighted by atomic mass is 10.2. The summed E-state index contributed by atoms with van der Waals surface area (Å²) in [6.45, 7) is 5.25. The molecule has 0 unspecified atom stereocenters. The summed E-state index contributed by atoms with van der Waals surface area (Å²) in [5.74, 6) is -2.96. The van der Waals surface area contributed by atoms with Crippen LogP contribution in [0.25, 0.3) is 0 Å². The Bertz CT molecular complexity index is 527. The van der Waals surface area contributed by atoms with E-state index in [1.54, 1.807) is 0 Å². The third-order valence-electron chi connectivity index (χ3n) is 2.85. The molecule has 8 nitrogen and oxygen atoms in total. The molecule has 142 valence electrons. The molecule has 1 aromatic carbocycles. The average Bonchev–Trinajstić information content (AvgIpc) is 2.53. The van der Waals surface area contributed by atoms with Gasteiger partial charge in [0.25, 0.3) is 0 Å². The second kappa shape index (κ2) is 13.4. The number of hydrogen-bond donors (Lipinski definition) is 3. The minimum Gasteiger partial charge on any atom is -0.490 e. The van der Waals surface area contributed by atoms with Gasteiger partial charge in [0.2, 0.25) is 0 Å². The van der Waals surface area contributed by atoms with Gasteiger partial charge in [-0.05, 0) is 31.7 Å². The van der Waals surface area contributed by atoms with Gasteiger partial charge in [0.1, 0.15) is 12.4 Å². The molecule has 3 N–H and O–H groups in total. The van der Waals surface area contributed by atoms with E-state index < -0.39 is 11.9 Å². The van der Waals surface area contributed by atoms with Gasteiger partial charge in [-0.2, -0.15) is 0 Å². The first-order valence-corrected chi connectivity index (χ1v) is 7.88. The molecule has 0 radical (unpaired) electrons. The van der Waals surface area contributed by atoms with E-state index in [1.807, 2.05) is 37.1 Å². The molecule has 0 amide bonds. The predicted octanol–water partition coefficient (Wildman–Crippen LogP) is 1.12. The van der Waals surface area contributed by atoms with Crippen LogP contribution in [0.15, 0.2) is 18.2 Å². The van der Waals surface area contributed by atoms with Crippen molar-refractivity contribution in [2.75, 3.05) is 46.6 Å². The fraction of sp³-hybridized carbons (Fsp3) is 0.500. The van der Waals surface area contributed by atoms with Gasteiger partial charge in [-0.3, -0.25) is 0 Å². The Hall–Kier alpha value is -1.87. The number of aliphatic hydroxyl groups is 1. The van der Waals surface area contributed by atoms with Crippen LogP contribution in [0.2, 0.25) is 5.02 Å². The normalized spacial score (nSPS) is 10.1. The quantitative estimate of drug-likeness (QED) is 0.433. The number of aliphatic carboxylic acids is 2. The number of ether oxygens (including phenoxy) is 2. The van der Waals surface area contributed by atoms with E-state index in [1.165, 1.54) is 0 Å². The summed E-state index contributed by atoms with van der Waals surface area (Å²) >= 11 is 6.05. The molecule has 1 aromatic rings. The first-order chi connectivity index (χ1) is 11.8. The number of benzene rings is 1. The van der Waals surface area contributed by atoms with E-state index in [9.17, 15) is 0 Å². The molecule has 0 aliphatic rings. The minimum atomic E-state index is -1.82. The maximum atomic E-state index is 9.10. The largest absolute Gasteiger partial charge is 0.490 e. The molecule has 0 bridgehead atoms. The van der Waals surface area contributed by atoms with Crippen LogP contribution in [0.1, 0.15) is 5.56 Å². The first kappa shape index (κ1) is 23.1. The highest BCUT2D eigenvalue weighted by molar-refractivity contribution is 6.32. The Labute approximate surface area is 151 Å². The fourth-order valence-corrected chi connectivity index (χ4v) is 1.83. The van der Waals surface area contributed by atoms with Crippen molar-refractivity contribution in [2.24, 2.45) is 0 Å². The second-order valence-corrected chi connectivity index (χ2v) is 5.44. The lowest BCUT2D eigenvalue weighted by molar-refractivity contribution is -0.159. The van der Waals surface area contributed by atoms with Crippen LogP contribution in [0.5, 0.6) is 5.75 Å². The van der Waals surface area contributed by atoms with E-state index in [0.29, 0.717) is 37.1 Å². The van der Waals surface area contributed by atoms with Crippen molar-refractivity contribution in [1.29, 1.82) is 0 Å². The number of likely N-dealkylation sites (N-methyl/N-ethyl adjacent to an activating group) is 1. The Morgan fingerprint density at radius 1 is 1.12 bits per heavy atom. The van der Waals surface area contributed by atoms with Crippen LogP contribution in [-0.4, -0.2) is 78.7 Å². The summed E-state index contributed by atoms with van der Waals surface area (Å²) in [6.07, 6.45) is 0. The smallest absolute Gasteiger partial charge is 0.414 e. The number of hydrogen-bond acceptors (Lipinski definition) is 6. The lowest BCUT2D eigenvalue weighted by Crippen LogP contribution is -2.26. The van der Waals surface area contributed by atoms with Gasteiger partial charge >= 0.3 is 11.9 Å². The van der Waals surface area contributed by atoms with Crippen LogP contribution in [0.4, 0.5) is 0 Å². The SMILES string of the molecule is Cc1ccc(OCCOCCN(C)CCO)c(Cl)c1.O=C(O)C(=O)O. The van der Waals surface area contributed by atoms with Crippen LogP contribution in [-0.2, 0) is 14.3 Å². The molecule has 0 atom stereocenters. The van der Waals surface area contributed by atoms with Crippen LogP contribution < -0.4 is 4.74 Å². The van der Waals surface area contributed by atoms with Gasteiger partial charge in [0.05, 0.1) is 24.8 Å². The number of nitrogens with zero attached hydrogens (tertiary/aromatic N) is 1. The molecule has 0 heterocycles. The predicted molar refractivity (Wildman–Crippen MR) is 92.4 cm³/mol. The number of halogens is 1. The third-order valence-corrected chi connectivity index (χ3v) is 3.15. The molecular formula is C16H24ClNO7. The van der Waals surface area contributed by atoms with E-state index in [2.05, 4.69) is 0 Å². The van der Waals surface area contributed by atoms with Crippen molar-refractivity contribution in [3.05, 3.63) is 28.8 Å². The molecular weight excluding hydrogens is 354 g/mol. The number of aliphatic hydroxyl groups excluding tert-OH is 1. The van der Waals surface area contributed by atoms with Gasteiger partial charge in [-0.25, -0.2) is 9.59 Å². The van der Waals surface area contributed by atoms with Gasteiger partial charge in [0.15, 0.2) is 0 Å². The Morgan fingerprint density at radius 3 is 2.28 bits per heavy atom. The summed E-state index contributed by atoms with van der Waals surface area (Å²) in [7, 11) is 1.95. The molecule has 25 heavy (non-hydrogen) atoms. The zero-order chi connectivity index (χ0) is 19.2. The Morgan fingerprint density at radius 2 is 1.76 bits per heavy atom. The summed E-state index contributed by atoms with van der Waals surface area (Å²) in [4.78, 5) is 20.2. The first-order valence-electron chi connectivity index (χ1n) is 7.50. The fourth-order valence-electron chi connectivity index (χ4n) is 1.54. The molecule has 0 aliphatic heterocycles. The maximum absolute atomic E-state index is 9.10. The summed E-state index contributed by atoms with van der Waals surface area (Å²) in [6, 6.07) is 5.71. The van der Waals surface area contributed by atoms with E-state index in [-0.39, 0.29) is 6.61 Å². The lowest BCUT2D eigenvalue weighted by Gasteiger charge is -2.15. The van der Waals surface area contributed by atoms with E-state index >= 15 is 0 Å². The summed E-state index contributed by atoms with van der Waals surface area (Å²) in [5.41, 5.74) is 1.11. The van der Waals surface area contributed by atoms with Crippen molar-refractivity contribution >= 4 is 23.5 Å². The second-order valence-electron chi connectivity index (χ2n) is 5.03. The zero-order valence-corrected chi connectivity index (χ0v) is 15.0. The number of carboxylic acid groups (broad SMARTS) is 2. The molecule has 1 rings (SSSR count). The number of rotatable bonds is 9. The Kier molecular flexibility index (Phi) is 12.4. The van der Waals surface area contributed by atoms with E-state index in [0.717, 1.165) is 12.1 Å². The topological polar surface area (TPSA) is 117 Å². The van der Waals surface area contributed by atoms with Crippen molar-refractivity contribution in [1.82, 2.24) is 4.90 Å². The number of carbonyl (C=O) groups is 2. The van der Waals surface area contributed by atoms with Crippen molar-refractivity contribution in [3.63, 3.8) is 0 Å². The monoisotopic (exact) mass is 377 g/mol. The summed E-state index contributed by atoms with van der Waals surface area (Å²) in [5, 5.41) is 24.1. The maximum Gasteiger partial charge on any atom is 0.414 e. The highest BCUT2D eigenvalue weighted by atomic mass is 35.5. The van der Waals surface area contributed by atoms with Gasteiger partial charge in [-0.15, -0.1) is 0 Å². The standard InChI is InChI=1S/C14H22ClNO3.C2H2O4/c1-12-3-4-14(13(15)11-12)19-10-9-18-8-6-16(2)5-7-17;3-1(4)2(5)6/h3-4,11,17H,5-10H2,1-2H3;(H,3,4)(H,5,6). The molecule has 0 aromatic heterocycles. The molecule has 0 saturated carbocycles. The van der Waals surface area contributed by atoms with Crippen molar-refractivity contribution in [3.8, 4) is 5.75 Å². The van der Waals surface area contributed by atoms with E-state index in [4.69, 9.17) is 46.0 Å². The number of aryl methyl sites for hydroxylation is 1. The minimum absolute atomic E-state index is 0.172. The number of carboxylic acids is 2. The van der Waals surface area contributed by atoms with Crippen molar-refractivity contribution in [2.45, 2.75) is 6.92 Å². The average molecular weight is 378 g/mol. The molecule has 0 fully saturated rings. The van der Waals surface area contributed by atoms with Crippen LogP contribution >= 0.6 is 11.6 Å². The molecule has 9 heteroatoms. The zero-order valence-electron chi connectivity index (χ0n) is 14.3. The van der Waals surface area contributed by atoms with Gasteiger partial charge in [-0.1, -0.05) is 17.7 Å². The molecule has 0 spiro atoms. The highest BCUT2D eigenvalue weighted by Gasteiger charge is 2.04.